The molecule has 0 spiro atoms. The average molecular weight is 208 g/mol. The number of amidine groups is 1. The normalized spacial score (nSPS) is 9.43. The number of aromatic nitrogens is 1. The summed E-state index contributed by atoms with van der Waals surface area (Å²) in [6.07, 6.45) is 3.52. The molecule has 2 aromatic rings. The molecule has 0 atom stereocenters. The molecule has 0 saturated heterocycles. The minimum absolute atomic E-state index is 0. The molecule has 0 aliphatic carbocycles. The highest BCUT2D eigenvalue weighted by molar-refractivity contribution is 5.98. The lowest BCUT2D eigenvalue weighted by molar-refractivity contribution is 1.36. The SMILES string of the molecule is Cl.N=C(N)c1ccc2cnccc2c1. The molecule has 0 fully saturated rings. The molecule has 1 aromatic carbocycles. The van der Waals surface area contributed by atoms with Crippen LogP contribution in [-0.4, -0.2) is 10.8 Å². The minimum Gasteiger partial charge on any atom is -0.384 e. The van der Waals surface area contributed by atoms with Crippen LogP contribution in [0, 0.1) is 5.41 Å². The largest absolute Gasteiger partial charge is 0.384 e. The van der Waals surface area contributed by atoms with E-state index in [2.05, 4.69) is 4.98 Å². The van der Waals surface area contributed by atoms with E-state index in [1.165, 1.54) is 0 Å². The van der Waals surface area contributed by atoms with Crippen molar-refractivity contribution < 1.29 is 0 Å². The Bertz CT molecular complexity index is 468. The monoisotopic (exact) mass is 207 g/mol. The second kappa shape index (κ2) is 4.07. The third-order valence-corrected chi connectivity index (χ3v) is 1.95. The lowest BCUT2D eigenvalue weighted by Crippen LogP contribution is -2.10. The highest BCUT2D eigenvalue weighted by Gasteiger charge is 1.97. The molecule has 4 heteroatoms. The van der Waals surface area contributed by atoms with E-state index in [4.69, 9.17) is 11.1 Å². The summed E-state index contributed by atoms with van der Waals surface area (Å²) in [5, 5.41) is 9.39. The molecule has 14 heavy (non-hydrogen) atoms. The first-order valence-corrected chi connectivity index (χ1v) is 3.95. The van der Waals surface area contributed by atoms with Gasteiger partial charge in [-0.05, 0) is 17.5 Å². The summed E-state index contributed by atoms with van der Waals surface area (Å²) in [4.78, 5) is 4.00. The maximum atomic E-state index is 7.27. The van der Waals surface area contributed by atoms with E-state index in [1.807, 2.05) is 24.3 Å². The number of hydrogen-bond donors (Lipinski definition) is 2. The van der Waals surface area contributed by atoms with Gasteiger partial charge in [0.1, 0.15) is 5.84 Å². The van der Waals surface area contributed by atoms with E-state index in [-0.39, 0.29) is 18.2 Å². The van der Waals surface area contributed by atoms with Crippen molar-refractivity contribution in [2.75, 3.05) is 0 Å². The zero-order chi connectivity index (χ0) is 9.26. The molecular weight excluding hydrogens is 198 g/mol. The summed E-state index contributed by atoms with van der Waals surface area (Å²) >= 11 is 0. The van der Waals surface area contributed by atoms with Gasteiger partial charge in [0.25, 0.3) is 0 Å². The lowest BCUT2D eigenvalue weighted by atomic mass is 10.1. The molecule has 72 valence electrons. The summed E-state index contributed by atoms with van der Waals surface area (Å²) in [6, 6.07) is 7.53. The smallest absolute Gasteiger partial charge is 0.122 e. The van der Waals surface area contributed by atoms with Crippen LogP contribution >= 0.6 is 12.4 Å². The van der Waals surface area contributed by atoms with Crippen LogP contribution < -0.4 is 5.73 Å². The molecule has 0 saturated carbocycles. The third kappa shape index (κ3) is 1.83. The first kappa shape index (κ1) is 10.5. The Hall–Kier alpha value is -1.61. The maximum absolute atomic E-state index is 7.27. The zero-order valence-electron chi connectivity index (χ0n) is 7.40. The molecule has 3 nitrogen and oxygen atoms in total. The van der Waals surface area contributed by atoms with Gasteiger partial charge in [-0.15, -0.1) is 12.4 Å². The van der Waals surface area contributed by atoms with Gasteiger partial charge in [-0.1, -0.05) is 12.1 Å². The van der Waals surface area contributed by atoms with Crippen LogP contribution in [0.4, 0.5) is 0 Å². The molecule has 1 aromatic heterocycles. The summed E-state index contributed by atoms with van der Waals surface area (Å²) in [5.74, 6) is 0.0960. The molecule has 0 unspecified atom stereocenters. The van der Waals surface area contributed by atoms with Gasteiger partial charge in [-0.2, -0.15) is 0 Å². The lowest BCUT2D eigenvalue weighted by Gasteiger charge is -2.00. The number of nitrogens with one attached hydrogen (secondary N) is 1. The average Bonchev–Trinajstić information content (AvgIpc) is 2.17. The van der Waals surface area contributed by atoms with Crippen molar-refractivity contribution in [1.29, 1.82) is 5.41 Å². The Kier molecular flexibility index (Phi) is 3.04. The molecule has 0 amide bonds. The highest BCUT2D eigenvalue weighted by atomic mass is 35.5. The molecule has 2 rings (SSSR count). The van der Waals surface area contributed by atoms with Crippen LogP contribution in [0.25, 0.3) is 10.8 Å². The van der Waals surface area contributed by atoms with Crippen LogP contribution in [0.1, 0.15) is 5.56 Å². The minimum atomic E-state index is 0. The third-order valence-electron chi connectivity index (χ3n) is 1.95. The van der Waals surface area contributed by atoms with Gasteiger partial charge in [-0.3, -0.25) is 10.4 Å². The number of pyridine rings is 1. The number of hydrogen-bond acceptors (Lipinski definition) is 2. The second-order valence-corrected chi connectivity index (χ2v) is 2.85. The van der Waals surface area contributed by atoms with E-state index < -0.39 is 0 Å². The topological polar surface area (TPSA) is 62.8 Å². The van der Waals surface area contributed by atoms with Crippen LogP contribution in [0.3, 0.4) is 0 Å². The van der Waals surface area contributed by atoms with E-state index in [1.54, 1.807) is 12.4 Å². The van der Waals surface area contributed by atoms with Gasteiger partial charge in [-0.25, -0.2) is 0 Å². The predicted octanol–water partition coefficient (Wildman–Crippen LogP) is 1.94. The van der Waals surface area contributed by atoms with Crippen molar-refractivity contribution in [3.8, 4) is 0 Å². The number of nitrogens with zero attached hydrogens (tertiary/aromatic N) is 1. The summed E-state index contributed by atoms with van der Waals surface area (Å²) in [7, 11) is 0. The number of rotatable bonds is 1. The number of benzene rings is 1. The molecule has 0 radical (unpaired) electrons. The number of fused-ring (bicyclic) bond motifs is 1. The van der Waals surface area contributed by atoms with Gasteiger partial charge >= 0.3 is 0 Å². The Labute approximate surface area is 87.9 Å². The van der Waals surface area contributed by atoms with Crippen LogP contribution in [-0.2, 0) is 0 Å². The highest BCUT2D eigenvalue weighted by Crippen LogP contribution is 2.13. The summed E-state index contributed by atoms with van der Waals surface area (Å²) in [5.41, 5.74) is 6.12. The number of nitrogens with two attached hydrogens (primary N) is 1. The molecule has 3 N–H and O–H groups in total. The first-order valence-electron chi connectivity index (χ1n) is 3.95. The molecule has 1 heterocycles. The van der Waals surface area contributed by atoms with Gasteiger partial charge in [0, 0.05) is 23.3 Å². The van der Waals surface area contributed by atoms with Crippen molar-refractivity contribution in [1.82, 2.24) is 4.98 Å². The van der Waals surface area contributed by atoms with Crippen LogP contribution in [0.5, 0.6) is 0 Å². The Morgan fingerprint density at radius 2 is 2.00 bits per heavy atom. The fraction of sp³-hybridized carbons (Fsp3) is 0. The fourth-order valence-corrected chi connectivity index (χ4v) is 1.25. The van der Waals surface area contributed by atoms with Gasteiger partial charge in [0.15, 0.2) is 0 Å². The van der Waals surface area contributed by atoms with Gasteiger partial charge in [0.05, 0.1) is 0 Å². The Balaban J connectivity index is 0.000000980. The zero-order valence-corrected chi connectivity index (χ0v) is 8.21. The Morgan fingerprint density at radius 3 is 2.71 bits per heavy atom. The fourth-order valence-electron chi connectivity index (χ4n) is 1.25. The summed E-state index contributed by atoms with van der Waals surface area (Å²) < 4.78 is 0. The first-order chi connectivity index (χ1) is 6.27. The maximum Gasteiger partial charge on any atom is 0.122 e. The van der Waals surface area contributed by atoms with Crippen molar-refractivity contribution in [2.24, 2.45) is 5.73 Å². The molecular formula is C10H10ClN3. The van der Waals surface area contributed by atoms with E-state index in [0.29, 0.717) is 0 Å². The summed E-state index contributed by atoms with van der Waals surface area (Å²) in [6.45, 7) is 0. The van der Waals surface area contributed by atoms with Gasteiger partial charge in [0.2, 0.25) is 0 Å². The van der Waals surface area contributed by atoms with Crippen LogP contribution in [0.2, 0.25) is 0 Å². The van der Waals surface area contributed by atoms with Crippen molar-refractivity contribution >= 4 is 29.0 Å². The van der Waals surface area contributed by atoms with E-state index in [9.17, 15) is 0 Å². The van der Waals surface area contributed by atoms with Gasteiger partial charge < -0.3 is 5.73 Å². The molecule has 0 bridgehead atoms. The van der Waals surface area contributed by atoms with Crippen molar-refractivity contribution in [3.63, 3.8) is 0 Å². The standard InChI is InChI=1S/C10H9N3.ClH/c11-10(12)8-1-2-9-6-13-4-3-7(9)5-8;/h1-6H,(H3,11,12);1H. The van der Waals surface area contributed by atoms with E-state index in [0.717, 1.165) is 16.3 Å². The number of halogens is 1. The van der Waals surface area contributed by atoms with Crippen LogP contribution in [0.15, 0.2) is 36.7 Å². The molecule has 0 aliphatic rings. The number of nitrogen functional groups attached to an aromatic ring is 1. The van der Waals surface area contributed by atoms with E-state index >= 15 is 0 Å². The Morgan fingerprint density at radius 1 is 1.21 bits per heavy atom. The predicted molar refractivity (Wildman–Crippen MR) is 60.0 cm³/mol. The molecule has 0 aliphatic heterocycles. The second-order valence-electron chi connectivity index (χ2n) is 2.85. The van der Waals surface area contributed by atoms with Crippen molar-refractivity contribution in [3.05, 3.63) is 42.2 Å². The van der Waals surface area contributed by atoms with Crippen molar-refractivity contribution in [2.45, 2.75) is 0 Å². The quantitative estimate of drug-likeness (QED) is 0.555.